The first-order valence-corrected chi connectivity index (χ1v) is 6.16. The molecule has 2 heteroatoms. The topological polar surface area (TPSA) is 17.1 Å². The zero-order valence-corrected chi connectivity index (χ0v) is 10.8. The van der Waals surface area contributed by atoms with Gasteiger partial charge in [0, 0.05) is 6.42 Å². The number of fused-ring (bicyclic) bond motifs is 1. The average molecular weight is 226 g/mol. The van der Waals surface area contributed by atoms with E-state index in [-0.39, 0.29) is 0 Å². The highest BCUT2D eigenvalue weighted by atomic mass is 19.1. The van der Waals surface area contributed by atoms with Crippen LogP contribution in [0.15, 0.2) is 11.6 Å². The predicted octanol–water partition coefficient (Wildman–Crippen LogP) is 3.93. The van der Waals surface area contributed by atoms with Crippen LogP contribution in [0.25, 0.3) is 0 Å². The van der Waals surface area contributed by atoms with E-state index in [1.54, 1.807) is 0 Å². The first-order chi connectivity index (χ1) is 7.54. The molecule has 0 amide bonds. The Bertz CT molecular complexity index is 295. The SMILES string of the molecule is CC1CCC2=CC(=O)CC[C@]2(C)C1C.CF. The van der Waals surface area contributed by atoms with Crippen molar-refractivity contribution in [3.8, 4) is 0 Å². The lowest BCUT2D eigenvalue weighted by atomic mass is 9.57. The summed E-state index contributed by atoms with van der Waals surface area (Å²) >= 11 is 0. The molecule has 0 N–H and O–H groups in total. The molecule has 0 saturated heterocycles. The normalized spacial score (nSPS) is 38.1. The van der Waals surface area contributed by atoms with Crippen LogP contribution in [0, 0.1) is 17.3 Å². The monoisotopic (exact) mass is 226 g/mol. The third kappa shape index (κ3) is 2.21. The van der Waals surface area contributed by atoms with Crippen molar-refractivity contribution in [3.63, 3.8) is 0 Å². The molecule has 16 heavy (non-hydrogen) atoms. The van der Waals surface area contributed by atoms with Gasteiger partial charge in [-0.2, -0.15) is 0 Å². The molecule has 0 aromatic heterocycles. The standard InChI is InChI=1S/C13H20O.CH3F/c1-9-4-5-11-8-12(14)6-7-13(11,3)10(9)2;1-2/h8-10H,4-7H2,1-3H3;1H3/t9?,10?,13-;/m1./s1. The fourth-order valence-electron chi connectivity index (χ4n) is 3.11. The molecule has 0 bridgehead atoms. The molecule has 1 fully saturated rings. The minimum absolute atomic E-state index is 0.325. The number of carbonyl (C=O) groups excluding carboxylic acids is 1. The van der Waals surface area contributed by atoms with Crippen LogP contribution in [0.5, 0.6) is 0 Å². The van der Waals surface area contributed by atoms with E-state index in [0.29, 0.717) is 18.4 Å². The third-order valence-electron chi connectivity index (χ3n) is 4.69. The summed E-state index contributed by atoms with van der Waals surface area (Å²) in [6, 6.07) is 0. The van der Waals surface area contributed by atoms with Crippen molar-refractivity contribution in [1.29, 1.82) is 0 Å². The molecule has 1 saturated carbocycles. The highest BCUT2D eigenvalue weighted by molar-refractivity contribution is 5.91. The Balaban J connectivity index is 0.000000606. The molecule has 92 valence electrons. The maximum absolute atomic E-state index is 11.4. The Morgan fingerprint density at radius 2 is 1.94 bits per heavy atom. The van der Waals surface area contributed by atoms with Gasteiger partial charge in [-0.05, 0) is 42.6 Å². The van der Waals surface area contributed by atoms with Gasteiger partial charge in [0.1, 0.15) is 0 Å². The molecule has 2 aliphatic rings. The number of hydrogen-bond donors (Lipinski definition) is 0. The van der Waals surface area contributed by atoms with Gasteiger partial charge in [0.2, 0.25) is 0 Å². The number of alkyl halides is 1. The Morgan fingerprint density at radius 3 is 2.56 bits per heavy atom. The molecule has 3 atom stereocenters. The van der Waals surface area contributed by atoms with Crippen molar-refractivity contribution in [2.45, 2.75) is 46.5 Å². The van der Waals surface area contributed by atoms with Crippen molar-refractivity contribution in [3.05, 3.63) is 11.6 Å². The predicted molar refractivity (Wildman–Crippen MR) is 65.0 cm³/mol. The number of halogens is 1. The number of hydrogen-bond acceptors (Lipinski definition) is 1. The molecule has 0 aromatic carbocycles. The molecule has 0 aliphatic heterocycles. The second-order valence-corrected chi connectivity index (χ2v) is 5.36. The minimum Gasteiger partial charge on any atom is -0.295 e. The second kappa shape index (κ2) is 5.11. The maximum atomic E-state index is 11.4. The molecule has 2 unspecified atom stereocenters. The summed E-state index contributed by atoms with van der Waals surface area (Å²) in [6.07, 6.45) is 6.18. The minimum atomic E-state index is 0.325. The van der Waals surface area contributed by atoms with E-state index in [2.05, 4.69) is 20.8 Å². The molecule has 1 nitrogen and oxygen atoms in total. The van der Waals surface area contributed by atoms with Gasteiger partial charge in [0.15, 0.2) is 5.78 Å². The maximum Gasteiger partial charge on any atom is 0.155 e. The fourth-order valence-corrected chi connectivity index (χ4v) is 3.11. The molecule has 0 heterocycles. The van der Waals surface area contributed by atoms with Gasteiger partial charge in [-0.1, -0.05) is 26.3 Å². The summed E-state index contributed by atoms with van der Waals surface area (Å²) in [5.74, 6) is 1.89. The number of rotatable bonds is 0. The quantitative estimate of drug-likeness (QED) is 0.611. The van der Waals surface area contributed by atoms with Crippen molar-refractivity contribution in [2.24, 2.45) is 17.3 Å². The Hall–Kier alpha value is -0.660. The number of carbonyl (C=O) groups is 1. The Labute approximate surface area is 98.1 Å². The van der Waals surface area contributed by atoms with E-state index in [9.17, 15) is 9.18 Å². The van der Waals surface area contributed by atoms with Crippen molar-refractivity contribution >= 4 is 5.78 Å². The Kier molecular flexibility index (Phi) is 4.28. The average Bonchev–Trinajstić information content (AvgIpc) is 2.30. The van der Waals surface area contributed by atoms with Crippen molar-refractivity contribution < 1.29 is 9.18 Å². The van der Waals surface area contributed by atoms with Gasteiger partial charge in [0.25, 0.3) is 0 Å². The first-order valence-electron chi connectivity index (χ1n) is 6.16. The first kappa shape index (κ1) is 13.4. The van der Waals surface area contributed by atoms with E-state index in [4.69, 9.17) is 0 Å². The summed E-state index contributed by atoms with van der Waals surface area (Å²) in [5, 5.41) is 0. The van der Waals surface area contributed by atoms with Crippen LogP contribution in [0.2, 0.25) is 0 Å². The van der Waals surface area contributed by atoms with Crippen molar-refractivity contribution in [2.75, 3.05) is 7.18 Å². The summed E-state index contributed by atoms with van der Waals surface area (Å²) in [5.41, 5.74) is 1.75. The zero-order valence-electron chi connectivity index (χ0n) is 10.8. The molecule has 0 spiro atoms. The lowest BCUT2D eigenvalue weighted by Gasteiger charge is -2.47. The van der Waals surface area contributed by atoms with Gasteiger partial charge >= 0.3 is 0 Å². The van der Waals surface area contributed by atoms with Gasteiger partial charge in [-0.25, -0.2) is 0 Å². The third-order valence-corrected chi connectivity index (χ3v) is 4.69. The van der Waals surface area contributed by atoms with Crippen molar-refractivity contribution in [1.82, 2.24) is 0 Å². The van der Waals surface area contributed by atoms with Gasteiger partial charge in [-0.3, -0.25) is 9.18 Å². The molecule has 0 radical (unpaired) electrons. The van der Waals surface area contributed by atoms with Crippen LogP contribution >= 0.6 is 0 Å². The molecule has 0 aromatic rings. The van der Waals surface area contributed by atoms with Gasteiger partial charge in [-0.15, -0.1) is 0 Å². The smallest absolute Gasteiger partial charge is 0.155 e. The largest absolute Gasteiger partial charge is 0.295 e. The van der Waals surface area contributed by atoms with Gasteiger partial charge in [0.05, 0.1) is 7.18 Å². The zero-order chi connectivity index (χ0) is 12.3. The lowest BCUT2D eigenvalue weighted by Crippen LogP contribution is -2.38. The van der Waals surface area contributed by atoms with E-state index in [1.165, 1.54) is 12.0 Å². The summed E-state index contributed by atoms with van der Waals surface area (Å²) in [6.45, 7) is 7.06. The summed E-state index contributed by atoms with van der Waals surface area (Å²) < 4.78 is 9.50. The van der Waals surface area contributed by atoms with E-state index < -0.39 is 0 Å². The van der Waals surface area contributed by atoms with Crippen LogP contribution < -0.4 is 0 Å². The van der Waals surface area contributed by atoms with E-state index >= 15 is 0 Å². The van der Waals surface area contributed by atoms with Crippen LogP contribution in [-0.2, 0) is 4.79 Å². The van der Waals surface area contributed by atoms with Crippen LogP contribution in [-0.4, -0.2) is 13.0 Å². The van der Waals surface area contributed by atoms with Crippen LogP contribution in [0.3, 0.4) is 0 Å². The molecule has 2 aliphatic carbocycles. The fraction of sp³-hybridized carbons (Fsp3) is 0.786. The number of allylic oxidation sites excluding steroid dienone is 2. The second-order valence-electron chi connectivity index (χ2n) is 5.36. The summed E-state index contributed by atoms with van der Waals surface area (Å²) in [7, 11) is 0.500. The highest BCUT2D eigenvalue weighted by Gasteiger charge is 2.42. The lowest BCUT2D eigenvalue weighted by molar-refractivity contribution is -0.116. The molecule has 2 rings (SSSR count). The van der Waals surface area contributed by atoms with Gasteiger partial charge < -0.3 is 0 Å². The number of ketones is 1. The van der Waals surface area contributed by atoms with E-state index in [0.717, 1.165) is 31.1 Å². The van der Waals surface area contributed by atoms with Crippen LogP contribution in [0.4, 0.5) is 4.39 Å². The Morgan fingerprint density at radius 1 is 1.31 bits per heavy atom. The van der Waals surface area contributed by atoms with Crippen LogP contribution in [0.1, 0.15) is 46.5 Å². The summed E-state index contributed by atoms with van der Waals surface area (Å²) in [4.78, 5) is 11.4. The van der Waals surface area contributed by atoms with E-state index in [1.807, 2.05) is 6.08 Å². The molecular weight excluding hydrogens is 203 g/mol. The molecular formula is C14H23FO. The highest BCUT2D eigenvalue weighted by Crippen LogP contribution is 2.51.